The Kier molecular flexibility index (Phi) is 4.57. The van der Waals surface area contributed by atoms with Gasteiger partial charge in [0.15, 0.2) is 0 Å². The van der Waals surface area contributed by atoms with E-state index in [4.69, 9.17) is 16.3 Å². The van der Waals surface area contributed by atoms with Crippen molar-refractivity contribution in [2.45, 2.75) is 25.0 Å². The lowest BCUT2D eigenvalue weighted by molar-refractivity contribution is -0.130. The number of carbonyl (C=O) groups excluding carboxylic acids is 2. The number of hydrogen-bond acceptors (Lipinski definition) is 4. The Morgan fingerprint density at radius 1 is 1.22 bits per heavy atom. The maximum absolute atomic E-state index is 12.4. The lowest BCUT2D eigenvalue weighted by Crippen LogP contribution is -2.33. The number of ether oxygens (including phenoxy) is 1. The minimum Gasteiger partial charge on any atom is -0.443 e. The summed E-state index contributed by atoms with van der Waals surface area (Å²) in [5.41, 5.74) is 0.679. The van der Waals surface area contributed by atoms with Gasteiger partial charge in [0.1, 0.15) is 5.69 Å². The van der Waals surface area contributed by atoms with Gasteiger partial charge < -0.3 is 10.1 Å². The maximum atomic E-state index is 12.4. The van der Waals surface area contributed by atoms with Crippen LogP contribution in [0.15, 0.2) is 48.7 Å². The van der Waals surface area contributed by atoms with Gasteiger partial charge in [0.2, 0.25) is 6.10 Å². The summed E-state index contributed by atoms with van der Waals surface area (Å²) in [5, 5.41) is 3.24. The molecule has 3 rings (SSSR count). The molecule has 1 aliphatic carbocycles. The van der Waals surface area contributed by atoms with E-state index in [2.05, 4.69) is 10.3 Å². The van der Waals surface area contributed by atoms with Crippen LogP contribution in [0.5, 0.6) is 0 Å². The van der Waals surface area contributed by atoms with Gasteiger partial charge in [0, 0.05) is 22.8 Å². The molecule has 1 aromatic heterocycles. The number of aromatic nitrogens is 1. The van der Waals surface area contributed by atoms with Gasteiger partial charge in [-0.25, -0.2) is 9.78 Å². The Balaban J connectivity index is 1.80. The molecule has 118 valence electrons. The Hall–Kier alpha value is -2.40. The first-order valence-corrected chi connectivity index (χ1v) is 7.69. The summed E-state index contributed by atoms with van der Waals surface area (Å²) in [6.45, 7) is 0. The van der Waals surface area contributed by atoms with Gasteiger partial charge in [0.05, 0.1) is 0 Å². The lowest BCUT2D eigenvalue weighted by Gasteiger charge is -2.17. The van der Waals surface area contributed by atoms with Crippen LogP contribution in [0, 0.1) is 0 Å². The van der Waals surface area contributed by atoms with Crippen molar-refractivity contribution in [2.24, 2.45) is 0 Å². The third-order valence-corrected chi connectivity index (χ3v) is 3.66. The van der Waals surface area contributed by atoms with Crippen molar-refractivity contribution in [1.82, 2.24) is 10.3 Å². The molecule has 6 heteroatoms. The molecule has 0 saturated heterocycles. The van der Waals surface area contributed by atoms with Crippen molar-refractivity contribution in [3.8, 4) is 0 Å². The third-order valence-electron chi connectivity index (χ3n) is 3.42. The van der Waals surface area contributed by atoms with E-state index in [1.165, 1.54) is 12.3 Å². The molecule has 1 heterocycles. The molecule has 1 amide bonds. The highest BCUT2D eigenvalue weighted by Gasteiger charge is 2.31. The van der Waals surface area contributed by atoms with Crippen LogP contribution < -0.4 is 5.32 Å². The van der Waals surface area contributed by atoms with Gasteiger partial charge >= 0.3 is 5.97 Å². The SMILES string of the molecule is O=C(O[C@H](C(=O)NC1CC1)c1ccccc1)c1cc(Cl)ccn1. The molecule has 23 heavy (non-hydrogen) atoms. The first kappa shape index (κ1) is 15.5. The standard InChI is InChI=1S/C17H15ClN2O3/c18-12-8-9-19-14(10-12)17(22)23-15(11-4-2-1-3-5-11)16(21)20-13-6-7-13/h1-5,8-10,13,15H,6-7H2,(H,20,21)/t15-/m0/s1. The van der Waals surface area contributed by atoms with E-state index in [0.717, 1.165) is 12.8 Å². The number of esters is 1. The van der Waals surface area contributed by atoms with Gasteiger partial charge in [0.25, 0.3) is 5.91 Å². The van der Waals surface area contributed by atoms with Crippen molar-refractivity contribution >= 4 is 23.5 Å². The molecule has 2 aromatic rings. The second-order valence-corrected chi connectivity index (χ2v) is 5.77. The smallest absolute Gasteiger partial charge is 0.358 e. The number of benzene rings is 1. The van der Waals surface area contributed by atoms with Gasteiger partial charge in [-0.05, 0) is 25.0 Å². The fraction of sp³-hybridized carbons (Fsp3) is 0.235. The van der Waals surface area contributed by atoms with Crippen LogP contribution in [0.25, 0.3) is 0 Å². The van der Waals surface area contributed by atoms with Crippen LogP contribution in [0.3, 0.4) is 0 Å². The van der Waals surface area contributed by atoms with E-state index in [0.29, 0.717) is 10.6 Å². The summed E-state index contributed by atoms with van der Waals surface area (Å²) in [5.74, 6) is -1.01. The van der Waals surface area contributed by atoms with Crippen molar-refractivity contribution in [1.29, 1.82) is 0 Å². The van der Waals surface area contributed by atoms with Crippen molar-refractivity contribution < 1.29 is 14.3 Å². The Bertz CT molecular complexity index is 717. The first-order valence-electron chi connectivity index (χ1n) is 7.31. The minimum atomic E-state index is -1.01. The molecule has 1 atom stereocenters. The van der Waals surface area contributed by atoms with Crippen molar-refractivity contribution in [3.05, 3.63) is 64.9 Å². The van der Waals surface area contributed by atoms with Gasteiger partial charge in [-0.1, -0.05) is 41.9 Å². The number of carbonyl (C=O) groups is 2. The van der Waals surface area contributed by atoms with Gasteiger partial charge in [-0.2, -0.15) is 0 Å². The van der Waals surface area contributed by atoms with E-state index < -0.39 is 12.1 Å². The fourth-order valence-corrected chi connectivity index (χ4v) is 2.25. The highest BCUT2D eigenvalue weighted by Crippen LogP contribution is 2.24. The average molecular weight is 331 g/mol. The largest absolute Gasteiger partial charge is 0.443 e. The van der Waals surface area contributed by atoms with E-state index in [1.54, 1.807) is 30.3 Å². The van der Waals surface area contributed by atoms with E-state index in [9.17, 15) is 9.59 Å². The number of hydrogen-bond donors (Lipinski definition) is 1. The van der Waals surface area contributed by atoms with Crippen LogP contribution in [-0.4, -0.2) is 22.9 Å². The number of halogens is 1. The molecule has 0 bridgehead atoms. The lowest BCUT2D eigenvalue weighted by atomic mass is 10.1. The van der Waals surface area contributed by atoms with E-state index in [-0.39, 0.29) is 17.6 Å². The summed E-state index contributed by atoms with van der Waals surface area (Å²) < 4.78 is 5.40. The number of amides is 1. The molecule has 0 spiro atoms. The number of nitrogens with one attached hydrogen (secondary N) is 1. The topological polar surface area (TPSA) is 68.3 Å². The quantitative estimate of drug-likeness (QED) is 0.856. The summed E-state index contributed by atoms with van der Waals surface area (Å²) in [7, 11) is 0. The zero-order chi connectivity index (χ0) is 16.2. The van der Waals surface area contributed by atoms with Gasteiger partial charge in [-0.15, -0.1) is 0 Å². The highest BCUT2D eigenvalue weighted by atomic mass is 35.5. The molecule has 0 unspecified atom stereocenters. The summed E-state index contributed by atoms with van der Waals surface area (Å²) in [6.07, 6.45) is 2.32. The van der Waals surface area contributed by atoms with Crippen LogP contribution in [0.2, 0.25) is 5.02 Å². The van der Waals surface area contributed by atoms with E-state index >= 15 is 0 Å². The zero-order valence-corrected chi connectivity index (χ0v) is 13.0. The number of rotatable bonds is 5. The molecular weight excluding hydrogens is 316 g/mol. The second-order valence-electron chi connectivity index (χ2n) is 5.34. The molecule has 1 aliphatic rings. The second kappa shape index (κ2) is 6.79. The maximum Gasteiger partial charge on any atom is 0.358 e. The van der Waals surface area contributed by atoms with Crippen molar-refractivity contribution in [3.63, 3.8) is 0 Å². The van der Waals surface area contributed by atoms with Gasteiger partial charge in [-0.3, -0.25) is 4.79 Å². The molecular formula is C17H15ClN2O3. The molecule has 1 fully saturated rings. The van der Waals surface area contributed by atoms with Crippen LogP contribution in [0.4, 0.5) is 0 Å². The molecule has 1 N–H and O–H groups in total. The van der Waals surface area contributed by atoms with Crippen LogP contribution >= 0.6 is 11.6 Å². The molecule has 1 aromatic carbocycles. The average Bonchev–Trinajstić information content (AvgIpc) is 3.37. The highest BCUT2D eigenvalue weighted by molar-refractivity contribution is 6.30. The predicted molar refractivity (Wildman–Crippen MR) is 85.0 cm³/mol. The molecule has 0 aliphatic heterocycles. The number of pyridine rings is 1. The predicted octanol–water partition coefficient (Wildman–Crippen LogP) is 2.91. The summed E-state index contributed by atoms with van der Waals surface area (Å²) in [4.78, 5) is 28.6. The van der Waals surface area contributed by atoms with E-state index in [1.807, 2.05) is 6.07 Å². The fourth-order valence-electron chi connectivity index (χ4n) is 2.09. The molecule has 0 radical (unpaired) electrons. The van der Waals surface area contributed by atoms with Crippen molar-refractivity contribution in [2.75, 3.05) is 0 Å². The summed E-state index contributed by atoms with van der Waals surface area (Å²) >= 11 is 5.86. The Morgan fingerprint density at radius 3 is 2.61 bits per heavy atom. The molecule has 5 nitrogen and oxygen atoms in total. The third kappa shape index (κ3) is 4.07. The van der Waals surface area contributed by atoms with Crippen LogP contribution in [-0.2, 0) is 9.53 Å². The minimum absolute atomic E-state index is 0.0673. The Morgan fingerprint density at radius 2 is 1.96 bits per heavy atom. The normalized spacial score (nSPS) is 14.8. The monoisotopic (exact) mass is 330 g/mol. The Labute approximate surface area is 138 Å². The zero-order valence-electron chi connectivity index (χ0n) is 12.2. The molecule has 1 saturated carbocycles. The number of nitrogens with zero attached hydrogens (tertiary/aromatic N) is 1. The summed E-state index contributed by atoms with van der Waals surface area (Å²) in [6, 6.07) is 12.1. The van der Waals surface area contributed by atoms with Crippen LogP contribution in [0.1, 0.15) is 35.0 Å². The first-order chi connectivity index (χ1) is 11.1.